The molecule has 0 radical (unpaired) electrons. The first-order chi connectivity index (χ1) is 15.1. The number of nitrogens with one attached hydrogen (secondary N) is 1. The van der Waals surface area contributed by atoms with E-state index in [1.807, 2.05) is 12.1 Å². The number of nitrogens with zero attached hydrogens (tertiary/aromatic N) is 5. The Labute approximate surface area is 180 Å². The van der Waals surface area contributed by atoms with E-state index in [-0.39, 0.29) is 24.1 Å². The van der Waals surface area contributed by atoms with E-state index >= 15 is 0 Å². The molecule has 1 N–H and O–H groups in total. The lowest BCUT2D eigenvalue weighted by atomic mass is 10.0. The zero-order valence-electron chi connectivity index (χ0n) is 17.2. The molecule has 0 saturated carbocycles. The number of aromatic nitrogens is 2. The standard InChI is InChI=1S/C22H24N6O3/c29-20-4-3-18(21(30)25-20)28-14-16-11-15(1-2-17(16)22(28)31)13-26-7-9-27(10-8-26)19-12-23-5-6-24-19/h1-2,5-6,11-12,18H,3-4,7-10,13-14H2,(H,25,29,30). The first kappa shape index (κ1) is 19.6. The lowest BCUT2D eigenvalue weighted by Crippen LogP contribution is -2.52. The summed E-state index contributed by atoms with van der Waals surface area (Å²) < 4.78 is 0. The van der Waals surface area contributed by atoms with E-state index in [4.69, 9.17) is 0 Å². The van der Waals surface area contributed by atoms with Gasteiger partial charge in [0.15, 0.2) is 0 Å². The summed E-state index contributed by atoms with van der Waals surface area (Å²) in [5.41, 5.74) is 2.76. The normalized spacial score (nSPS) is 21.9. The van der Waals surface area contributed by atoms with Crippen molar-refractivity contribution >= 4 is 23.5 Å². The molecule has 3 amide bonds. The fourth-order valence-corrected chi connectivity index (χ4v) is 4.57. The Morgan fingerprint density at radius 1 is 1.06 bits per heavy atom. The first-order valence-electron chi connectivity index (χ1n) is 10.6. The Balaban J connectivity index is 1.22. The third-order valence-electron chi connectivity index (χ3n) is 6.24. The van der Waals surface area contributed by atoms with Gasteiger partial charge < -0.3 is 9.80 Å². The summed E-state index contributed by atoms with van der Waals surface area (Å²) >= 11 is 0. The molecule has 0 aliphatic carbocycles. The minimum absolute atomic E-state index is 0.131. The highest BCUT2D eigenvalue weighted by molar-refractivity contribution is 6.05. The van der Waals surface area contributed by atoms with Gasteiger partial charge in [-0.05, 0) is 23.6 Å². The van der Waals surface area contributed by atoms with Crippen molar-refractivity contribution in [3.8, 4) is 0 Å². The van der Waals surface area contributed by atoms with Crippen LogP contribution in [0.25, 0.3) is 0 Å². The molecule has 0 bridgehead atoms. The van der Waals surface area contributed by atoms with Crippen LogP contribution in [0.1, 0.15) is 34.3 Å². The molecule has 4 heterocycles. The monoisotopic (exact) mass is 420 g/mol. The average Bonchev–Trinajstić information content (AvgIpc) is 3.10. The second-order valence-electron chi connectivity index (χ2n) is 8.22. The summed E-state index contributed by atoms with van der Waals surface area (Å²) in [4.78, 5) is 51.2. The third-order valence-corrected chi connectivity index (χ3v) is 6.24. The Morgan fingerprint density at radius 3 is 2.65 bits per heavy atom. The van der Waals surface area contributed by atoms with Crippen molar-refractivity contribution in [3.05, 3.63) is 53.5 Å². The topological polar surface area (TPSA) is 98.7 Å². The van der Waals surface area contributed by atoms with Crippen molar-refractivity contribution in [2.24, 2.45) is 0 Å². The quantitative estimate of drug-likeness (QED) is 0.722. The molecule has 160 valence electrons. The number of anilines is 1. The van der Waals surface area contributed by atoms with E-state index in [1.54, 1.807) is 23.5 Å². The van der Waals surface area contributed by atoms with Crippen molar-refractivity contribution in [1.82, 2.24) is 25.1 Å². The fourth-order valence-electron chi connectivity index (χ4n) is 4.57. The Hall–Kier alpha value is -3.33. The molecule has 1 aromatic carbocycles. The van der Waals surface area contributed by atoms with E-state index in [2.05, 4.69) is 31.2 Å². The molecule has 2 aromatic rings. The number of piperidine rings is 1. The Kier molecular flexibility index (Phi) is 5.11. The molecule has 5 rings (SSSR count). The SMILES string of the molecule is O=C1CCC(N2Cc3cc(CN4CCN(c5cnccn5)CC4)ccc3C2=O)C(=O)N1. The van der Waals surface area contributed by atoms with Crippen LogP contribution in [0.3, 0.4) is 0 Å². The maximum atomic E-state index is 12.8. The fraction of sp³-hybridized carbons (Fsp3) is 0.409. The summed E-state index contributed by atoms with van der Waals surface area (Å²) in [5, 5.41) is 2.34. The van der Waals surface area contributed by atoms with Gasteiger partial charge in [0, 0.05) is 63.6 Å². The van der Waals surface area contributed by atoms with E-state index < -0.39 is 6.04 Å². The molecular formula is C22H24N6O3. The van der Waals surface area contributed by atoms with Gasteiger partial charge in [-0.15, -0.1) is 0 Å². The zero-order chi connectivity index (χ0) is 21.4. The number of piperazine rings is 1. The number of hydrogen-bond donors (Lipinski definition) is 1. The average molecular weight is 420 g/mol. The van der Waals surface area contributed by atoms with Crippen molar-refractivity contribution < 1.29 is 14.4 Å². The van der Waals surface area contributed by atoms with Gasteiger partial charge in [0.1, 0.15) is 11.9 Å². The largest absolute Gasteiger partial charge is 0.353 e. The van der Waals surface area contributed by atoms with E-state index in [9.17, 15) is 14.4 Å². The highest BCUT2D eigenvalue weighted by Crippen LogP contribution is 2.28. The molecule has 2 fully saturated rings. The van der Waals surface area contributed by atoms with Crippen molar-refractivity contribution in [1.29, 1.82) is 0 Å². The number of hydrogen-bond acceptors (Lipinski definition) is 7. The minimum Gasteiger partial charge on any atom is -0.353 e. The Bertz CT molecular complexity index is 1020. The van der Waals surface area contributed by atoms with Crippen LogP contribution in [0.4, 0.5) is 5.82 Å². The summed E-state index contributed by atoms with van der Waals surface area (Å²) in [7, 11) is 0. The van der Waals surface area contributed by atoms with Gasteiger partial charge in [0.25, 0.3) is 5.91 Å². The molecule has 2 saturated heterocycles. The predicted octanol–water partition coefficient (Wildman–Crippen LogP) is 0.560. The van der Waals surface area contributed by atoms with Crippen LogP contribution in [0.5, 0.6) is 0 Å². The third kappa shape index (κ3) is 3.88. The van der Waals surface area contributed by atoms with Crippen LogP contribution in [-0.4, -0.2) is 69.7 Å². The molecule has 9 nitrogen and oxygen atoms in total. The van der Waals surface area contributed by atoms with E-state index in [0.717, 1.165) is 49.7 Å². The molecule has 1 aromatic heterocycles. The van der Waals surface area contributed by atoms with Gasteiger partial charge in [0.2, 0.25) is 11.8 Å². The number of amides is 3. The summed E-state index contributed by atoms with van der Waals surface area (Å²) in [5.74, 6) is 0.131. The van der Waals surface area contributed by atoms with Crippen LogP contribution in [-0.2, 0) is 22.7 Å². The number of fused-ring (bicyclic) bond motifs is 1. The number of imide groups is 1. The smallest absolute Gasteiger partial charge is 0.255 e. The maximum Gasteiger partial charge on any atom is 0.255 e. The summed E-state index contributed by atoms with van der Waals surface area (Å²) in [6.45, 7) is 4.86. The molecule has 1 atom stereocenters. The minimum atomic E-state index is -0.574. The van der Waals surface area contributed by atoms with E-state index in [0.29, 0.717) is 18.5 Å². The van der Waals surface area contributed by atoms with Gasteiger partial charge in [-0.2, -0.15) is 0 Å². The number of benzene rings is 1. The van der Waals surface area contributed by atoms with Crippen LogP contribution in [0.15, 0.2) is 36.8 Å². The first-order valence-corrected chi connectivity index (χ1v) is 10.6. The molecule has 31 heavy (non-hydrogen) atoms. The van der Waals surface area contributed by atoms with Gasteiger partial charge in [-0.25, -0.2) is 4.98 Å². The summed E-state index contributed by atoms with van der Waals surface area (Å²) in [6, 6.07) is 5.37. The van der Waals surface area contributed by atoms with Crippen molar-refractivity contribution in [2.45, 2.75) is 32.0 Å². The number of carbonyl (C=O) groups is 3. The molecular weight excluding hydrogens is 396 g/mol. The number of carbonyl (C=O) groups excluding carboxylic acids is 3. The van der Waals surface area contributed by atoms with Gasteiger partial charge in [0.05, 0.1) is 6.20 Å². The molecule has 3 aliphatic heterocycles. The van der Waals surface area contributed by atoms with Gasteiger partial charge in [-0.1, -0.05) is 12.1 Å². The van der Waals surface area contributed by atoms with Gasteiger partial charge >= 0.3 is 0 Å². The van der Waals surface area contributed by atoms with Crippen LogP contribution < -0.4 is 10.2 Å². The molecule has 9 heteroatoms. The van der Waals surface area contributed by atoms with Crippen LogP contribution in [0.2, 0.25) is 0 Å². The zero-order valence-corrected chi connectivity index (χ0v) is 17.2. The summed E-state index contributed by atoms with van der Waals surface area (Å²) in [6.07, 6.45) is 5.84. The Morgan fingerprint density at radius 2 is 1.90 bits per heavy atom. The maximum absolute atomic E-state index is 12.8. The van der Waals surface area contributed by atoms with E-state index in [1.165, 1.54) is 0 Å². The van der Waals surface area contributed by atoms with Crippen molar-refractivity contribution in [2.75, 3.05) is 31.1 Å². The lowest BCUT2D eigenvalue weighted by molar-refractivity contribution is -0.136. The lowest BCUT2D eigenvalue weighted by Gasteiger charge is -2.35. The second kappa shape index (κ2) is 8.07. The molecule has 1 unspecified atom stereocenters. The predicted molar refractivity (Wildman–Crippen MR) is 112 cm³/mol. The number of rotatable bonds is 4. The molecule has 3 aliphatic rings. The highest BCUT2D eigenvalue weighted by Gasteiger charge is 2.39. The van der Waals surface area contributed by atoms with Crippen LogP contribution >= 0.6 is 0 Å². The second-order valence-corrected chi connectivity index (χ2v) is 8.22. The molecule has 0 spiro atoms. The van der Waals surface area contributed by atoms with Crippen LogP contribution in [0, 0.1) is 0 Å². The van der Waals surface area contributed by atoms with Crippen molar-refractivity contribution in [3.63, 3.8) is 0 Å². The highest BCUT2D eigenvalue weighted by atomic mass is 16.2. The van der Waals surface area contributed by atoms with Gasteiger partial charge in [-0.3, -0.25) is 29.6 Å².